The topological polar surface area (TPSA) is 89.3 Å². The molecule has 0 bridgehead atoms. The number of carboxylic acids is 1. The number of carboxylic acid groups (broad SMARTS) is 1. The molecule has 2 heterocycles. The first-order chi connectivity index (χ1) is 8.89. The minimum Gasteiger partial charge on any atom is -0.481 e. The van der Waals surface area contributed by atoms with Gasteiger partial charge < -0.3 is 9.67 Å². The molecule has 1 N–H and O–H groups in total. The van der Waals surface area contributed by atoms with Crippen LogP contribution in [0.1, 0.15) is 18.7 Å². The van der Waals surface area contributed by atoms with Crippen LogP contribution in [-0.4, -0.2) is 40.6 Å². The number of imidazole rings is 1. The van der Waals surface area contributed by atoms with Crippen molar-refractivity contribution in [3.63, 3.8) is 0 Å². The summed E-state index contributed by atoms with van der Waals surface area (Å²) in [5, 5.41) is 9.28. The van der Waals surface area contributed by atoms with E-state index in [2.05, 4.69) is 4.98 Å². The second kappa shape index (κ2) is 5.32. The van der Waals surface area contributed by atoms with Crippen LogP contribution in [0, 0.1) is 11.8 Å². The molecule has 1 aromatic heterocycles. The Morgan fingerprint density at radius 2 is 2.37 bits per heavy atom. The first-order valence-electron chi connectivity index (χ1n) is 6.28. The predicted molar refractivity (Wildman–Crippen MR) is 69.4 cm³/mol. The molecule has 0 saturated carbocycles. The van der Waals surface area contributed by atoms with Crippen molar-refractivity contribution in [3.05, 3.63) is 18.2 Å². The molecule has 1 saturated heterocycles. The second-order valence-electron chi connectivity index (χ2n) is 5.10. The molecule has 19 heavy (non-hydrogen) atoms. The highest BCUT2D eigenvalue weighted by molar-refractivity contribution is 7.91. The third-order valence-corrected chi connectivity index (χ3v) is 5.55. The number of hydrogen-bond donors (Lipinski definition) is 1. The number of aromatic nitrogens is 2. The molecule has 1 aliphatic heterocycles. The number of rotatable bonds is 5. The maximum Gasteiger partial charge on any atom is 0.306 e. The van der Waals surface area contributed by atoms with Gasteiger partial charge in [-0.25, -0.2) is 13.4 Å². The zero-order chi connectivity index (χ0) is 14.0. The lowest BCUT2D eigenvalue weighted by Gasteiger charge is -2.17. The predicted octanol–water partition coefficient (Wildman–Crippen LogP) is 0.488. The van der Waals surface area contributed by atoms with Crippen LogP contribution in [0.15, 0.2) is 12.4 Å². The van der Waals surface area contributed by atoms with Crippen LogP contribution in [0.3, 0.4) is 0 Å². The summed E-state index contributed by atoms with van der Waals surface area (Å²) in [4.78, 5) is 15.5. The van der Waals surface area contributed by atoms with E-state index in [1.165, 1.54) is 0 Å². The van der Waals surface area contributed by atoms with E-state index in [-0.39, 0.29) is 17.4 Å². The van der Waals surface area contributed by atoms with Crippen molar-refractivity contribution in [1.82, 2.24) is 9.55 Å². The fourth-order valence-electron chi connectivity index (χ4n) is 2.62. The number of aliphatic carboxylic acids is 1. The monoisotopic (exact) mass is 286 g/mol. The van der Waals surface area contributed by atoms with E-state index < -0.39 is 21.7 Å². The van der Waals surface area contributed by atoms with Gasteiger partial charge in [-0.3, -0.25) is 4.79 Å². The molecular weight excluding hydrogens is 268 g/mol. The van der Waals surface area contributed by atoms with Gasteiger partial charge in [0.25, 0.3) is 0 Å². The Balaban J connectivity index is 2.02. The van der Waals surface area contributed by atoms with Crippen LogP contribution in [0.25, 0.3) is 0 Å². The summed E-state index contributed by atoms with van der Waals surface area (Å²) in [6.07, 6.45) is 4.92. The molecule has 0 aliphatic carbocycles. The number of aryl methyl sites for hydroxylation is 2. The lowest BCUT2D eigenvalue weighted by molar-refractivity contribution is -0.143. The molecule has 2 unspecified atom stereocenters. The molecule has 2 atom stereocenters. The lowest BCUT2D eigenvalue weighted by Crippen LogP contribution is -2.25. The van der Waals surface area contributed by atoms with Gasteiger partial charge in [-0.1, -0.05) is 0 Å². The number of carbonyl (C=O) groups is 1. The fourth-order valence-corrected chi connectivity index (χ4v) is 4.50. The highest BCUT2D eigenvalue weighted by atomic mass is 32.2. The Kier molecular flexibility index (Phi) is 3.93. The van der Waals surface area contributed by atoms with Crippen LogP contribution in [-0.2, 0) is 28.1 Å². The highest BCUT2D eigenvalue weighted by Crippen LogP contribution is 2.29. The molecule has 0 aromatic carbocycles. The third kappa shape index (κ3) is 3.34. The van der Waals surface area contributed by atoms with Gasteiger partial charge in [0.15, 0.2) is 9.84 Å². The second-order valence-corrected chi connectivity index (χ2v) is 7.33. The minimum absolute atomic E-state index is 0.00450. The smallest absolute Gasteiger partial charge is 0.306 e. The highest BCUT2D eigenvalue weighted by Gasteiger charge is 2.37. The number of sulfone groups is 1. The first kappa shape index (κ1) is 14.0. The van der Waals surface area contributed by atoms with Gasteiger partial charge >= 0.3 is 5.97 Å². The van der Waals surface area contributed by atoms with Gasteiger partial charge in [-0.15, -0.1) is 0 Å². The molecule has 0 radical (unpaired) electrons. The fraction of sp³-hybridized carbons (Fsp3) is 0.667. The molecule has 0 spiro atoms. The maximum absolute atomic E-state index is 11.4. The largest absolute Gasteiger partial charge is 0.481 e. The maximum atomic E-state index is 11.4. The Hall–Kier alpha value is -1.37. The van der Waals surface area contributed by atoms with Crippen molar-refractivity contribution in [3.8, 4) is 0 Å². The zero-order valence-electron chi connectivity index (χ0n) is 10.8. The average molecular weight is 286 g/mol. The van der Waals surface area contributed by atoms with Crippen LogP contribution < -0.4 is 0 Å². The van der Waals surface area contributed by atoms with Gasteiger partial charge in [0.2, 0.25) is 0 Å². The summed E-state index contributed by atoms with van der Waals surface area (Å²) in [7, 11) is -1.18. The van der Waals surface area contributed by atoms with Crippen molar-refractivity contribution >= 4 is 15.8 Å². The summed E-state index contributed by atoms with van der Waals surface area (Å²) < 4.78 is 24.7. The Morgan fingerprint density at radius 3 is 2.84 bits per heavy atom. The number of hydrogen-bond acceptors (Lipinski definition) is 4. The standard InChI is InChI=1S/C12H18N2O4S/c1-14-6-5-13-11(14)3-2-10(12(15)16)9-4-7-19(17,18)8-9/h5-6,9-10H,2-4,7-8H2,1H3,(H,15,16). The summed E-state index contributed by atoms with van der Waals surface area (Å²) >= 11 is 0. The van der Waals surface area contributed by atoms with E-state index in [0.29, 0.717) is 19.3 Å². The Morgan fingerprint density at radius 1 is 1.63 bits per heavy atom. The van der Waals surface area contributed by atoms with E-state index in [1.807, 2.05) is 17.8 Å². The lowest BCUT2D eigenvalue weighted by atomic mass is 9.88. The quantitative estimate of drug-likeness (QED) is 0.850. The van der Waals surface area contributed by atoms with E-state index in [1.54, 1.807) is 6.20 Å². The SMILES string of the molecule is Cn1ccnc1CCC(C(=O)O)C1CCS(=O)(=O)C1. The van der Waals surface area contributed by atoms with Crippen molar-refractivity contribution in [2.45, 2.75) is 19.3 Å². The van der Waals surface area contributed by atoms with E-state index in [9.17, 15) is 18.3 Å². The molecule has 0 amide bonds. The normalized spacial score (nSPS) is 23.3. The summed E-state index contributed by atoms with van der Waals surface area (Å²) in [6, 6.07) is 0. The molecule has 1 aliphatic rings. The number of nitrogens with zero attached hydrogens (tertiary/aromatic N) is 2. The Bertz CT molecular complexity index is 564. The first-order valence-corrected chi connectivity index (χ1v) is 8.10. The van der Waals surface area contributed by atoms with Crippen molar-refractivity contribution in [2.75, 3.05) is 11.5 Å². The van der Waals surface area contributed by atoms with E-state index >= 15 is 0 Å². The van der Waals surface area contributed by atoms with Crippen molar-refractivity contribution in [2.24, 2.45) is 18.9 Å². The molecule has 6 nitrogen and oxygen atoms in total. The molecule has 2 rings (SSSR count). The zero-order valence-corrected chi connectivity index (χ0v) is 11.6. The molecule has 1 aromatic rings. The van der Waals surface area contributed by atoms with Gasteiger partial charge in [0, 0.05) is 25.9 Å². The van der Waals surface area contributed by atoms with Crippen LogP contribution >= 0.6 is 0 Å². The average Bonchev–Trinajstić information content (AvgIpc) is 2.86. The third-order valence-electron chi connectivity index (χ3n) is 3.75. The molecule has 7 heteroatoms. The van der Waals surface area contributed by atoms with Gasteiger partial charge in [-0.2, -0.15) is 0 Å². The van der Waals surface area contributed by atoms with Crippen LogP contribution in [0.2, 0.25) is 0 Å². The van der Waals surface area contributed by atoms with E-state index in [0.717, 1.165) is 5.82 Å². The van der Waals surface area contributed by atoms with Crippen LogP contribution in [0.5, 0.6) is 0 Å². The summed E-state index contributed by atoms with van der Waals surface area (Å²) in [6.45, 7) is 0. The molecular formula is C12H18N2O4S. The van der Waals surface area contributed by atoms with E-state index in [4.69, 9.17) is 0 Å². The minimum atomic E-state index is -3.04. The van der Waals surface area contributed by atoms with Crippen LogP contribution in [0.4, 0.5) is 0 Å². The molecule has 106 valence electrons. The summed E-state index contributed by atoms with van der Waals surface area (Å²) in [5.41, 5.74) is 0. The van der Waals surface area contributed by atoms with Crippen molar-refractivity contribution < 1.29 is 18.3 Å². The van der Waals surface area contributed by atoms with Gasteiger partial charge in [-0.05, 0) is 18.8 Å². The van der Waals surface area contributed by atoms with Gasteiger partial charge in [0.05, 0.1) is 17.4 Å². The Labute approximate surface area is 112 Å². The molecule has 1 fully saturated rings. The summed E-state index contributed by atoms with van der Waals surface area (Å²) in [5.74, 6) is -0.825. The van der Waals surface area contributed by atoms with Gasteiger partial charge in [0.1, 0.15) is 5.82 Å². The van der Waals surface area contributed by atoms with Crippen molar-refractivity contribution in [1.29, 1.82) is 0 Å².